The average Bonchev–Trinajstić information content (AvgIpc) is 3.65. The topological polar surface area (TPSA) is 130 Å². The van der Waals surface area contributed by atoms with E-state index in [9.17, 15) is 19.7 Å². The summed E-state index contributed by atoms with van der Waals surface area (Å²) >= 11 is 0. The third-order valence-corrected chi connectivity index (χ3v) is 8.14. The molecule has 0 radical (unpaired) electrons. The Morgan fingerprint density at radius 1 is 0.977 bits per heavy atom. The molecule has 0 saturated carbocycles. The molecule has 2 aromatic carbocycles. The number of rotatable bonds is 17. The maximum absolute atomic E-state index is 13.9. The molecule has 2 heterocycles. The van der Waals surface area contributed by atoms with E-state index >= 15 is 0 Å². The van der Waals surface area contributed by atoms with Crippen LogP contribution in [0.4, 0.5) is 0 Å². The van der Waals surface area contributed by atoms with Crippen LogP contribution >= 0.6 is 0 Å². The largest absolute Gasteiger partial charge is 0.497 e. The monoisotopic (exact) mass is 613 g/mol. The summed E-state index contributed by atoms with van der Waals surface area (Å²) < 4.78 is 22.2. The lowest BCUT2D eigenvalue weighted by atomic mass is 9.82. The Morgan fingerprint density at radius 3 is 2.32 bits per heavy atom. The Kier molecular flexibility index (Phi) is 12.0. The molecule has 0 aliphatic carbocycles. The van der Waals surface area contributed by atoms with Crippen LogP contribution in [-0.2, 0) is 19.2 Å². The quantitative estimate of drug-likeness (QED) is 0.107. The third kappa shape index (κ3) is 8.31. The fourth-order valence-corrected chi connectivity index (χ4v) is 5.86. The number of unbranched alkanes of at least 4 members (excludes halogenated alkanes) is 2. The van der Waals surface area contributed by atoms with Gasteiger partial charge in [0.05, 0.1) is 32.8 Å². The van der Waals surface area contributed by atoms with Crippen LogP contribution in [0, 0.1) is 16.0 Å². The van der Waals surface area contributed by atoms with Gasteiger partial charge in [-0.1, -0.05) is 44.9 Å². The maximum atomic E-state index is 13.9. The molecule has 12 heteroatoms. The lowest BCUT2D eigenvalue weighted by Gasteiger charge is -2.30. The summed E-state index contributed by atoms with van der Waals surface area (Å²) in [6, 6.07) is 12.7. The van der Waals surface area contributed by atoms with Crippen molar-refractivity contribution in [3.05, 3.63) is 63.7 Å². The fourth-order valence-electron chi connectivity index (χ4n) is 5.86. The summed E-state index contributed by atoms with van der Waals surface area (Å²) in [7, 11) is 1.59. The Bertz CT molecular complexity index is 1250. The number of hydrogen-bond donors (Lipinski definition) is 0. The van der Waals surface area contributed by atoms with Crippen LogP contribution in [0.2, 0.25) is 0 Å². The summed E-state index contributed by atoms with van der Waals surface area (Å²) in [5.41, 5.74) is 1.73. The molecule has 2 aliphatic rings. The Labute approximate surface area is 258 Å². The van der Waals surface area contributed by atoms with Crippen LogP contribution in [0.1, 0.15) is 69.0 Å². The van der Waals surface area contributed by atoms with Gasteiger partial charge in [0.25, 0.3) is 5.09 Å². The number of fused-ring (bicyclic) bond motifs is 1. The highest BCUT2D eigenvalue weighted by Crippen LogP contribution is 2.48. The van der Waals surface area contributed by atoms with Crippen LogP contribution in [0.25, 0.3) is 0 Å². The number of nitrogens with zero attached hydrogens (tertiary/aromatic N) is 3. The number of amides is 1. The minimum Gasteiger partial charge on any atom is -0.497 e. The number of carbonyl (C=O) groups is 2. The van der Waals surface area contributed by atoms with E-state index in [1.54, 1.807) is 7.11 Å². The molecule has 0 bridgehead atoms. The molecule has 44 heavy (non-hydrogen) atoms. The van der Waals surface area contributed by atoms with E-state index in [0.29, 0.717) is 36.9 Å². The number of esters is 1. The van der Waals surface area contributed by atoms with E-state index in [0.717, 1.165) is 36.8 Å². The first-order chi connectivity index (χ1) is 21.4. The van der Waals surface area contributed by atoms with Crippen molar-refractivity contribution in [2.24, 2.45) is 5.92 Å². The Morgan fingerprint density at radius 2 is 1.66 bits per heavy atom. The fraction of sp³-hybridized carbons (Fsp3) is 0.562. The summed E-state index contributed by atoms with van der Waals surface area (Å²) in [6.07, 6.45) is 3.99. The maximum Gasteiger partial charge on any atom is 0.311 e. The molecule has 2 unspecified atom stereocenters. The van der Waals surface area contributed by atoms with Crippen molar-refractivity contribution in [1.82, 2.24) is 9.80 Å². The Hall–Kier alpha value is -4.06. The lowest BCUT2D eigenvalue weighted by Crippen LogP contribution is -2.42. The van der Waals surface area contributed by atoms with Gasteiger partial charge in [0.15, 0.2) is 11.5 Å². The molecule has 1 saturated heterocycles. The second-order valence-corrected chi connectivity index (χ2v) is 11.1. The second kappa shape index (κ2) is 16.1. The van der Waals surface area contributed by atoms with Gasteiger partial charge >= 0.3 is 5.97 Å². The molecule has 2 aromatic rings. The van der Waals surface area contributed by atoms with Gasteiger partial charge in [-0.05, 0) is 48.2 Å². The minimum atomic E-state index is -0.868. The number of likely N-dealkylation sites (tertiary alicyclic amines) is 1. The molecular formula is C32H43N3O9. The van der Waals surface area contributed by atoms with E-state index in [-0.39, 0.29) is 44.8 Å². The number of benzene rings is 2. The molecule has 0 aromatic heterocycles. The van der Waals surface area contributed by atoms with Crippen molar-refractivity contribution in [2.45, 2.75) is 57.9 Å². The highest BCUT2D eigenvalue weighted by Gasteiger charge is 2.49. The Balaban J connectivity index is 1.67. The first kappa shape index (κ1) is 32.8. The predicted molar refractivity (Wildman–Crippen MR) is 161 cm³/mol. The smallest absolute Gasteiger partial charge is 0.311 e. The number of ether oxygens (including phenoxy) is 4. The van der Waals surface area contributed by atoms with Crippen molar-refractivity contribution in [3.8, 4) is 17.2 Å². The van der Waals surface area contributed by atoms with Crippen molar-refractivity contribution in [2.75, 3.05) is 53.3 Å². The number of methoxy groups -OCH3 is 1. The first-order valence-electron chi connectivity index (χ1n) is 15.4. The van der Waals surface area contributed by atoms with Crippen LogP contribution in [0.15, 0.2) is 42.5 Å². The summed E-state index contributed by atoms with van der Waals surface area (Å²) in [5.74, 6) is 0.501. The van der Waals surface area contributed by atoms with Crippen LogP contribution in [-0.4, -0.2) is 80.1 Å². The summed E-state index contributed by atoms with van der Waals surface area (Å²) in [4.78, 5) is 46.6. The molecule has 0 N–H and O–H groups in total. The van der Waals surface area contributed by atoms with Crippen molar-refractivity contribution in [1.29, 1.82) is 0 Å². The van der Waals surface area contributed by atoms with Gasteiger partial charge in [-0.25, -0.2) is 0 Å². The zero-order valence-electron chi connectivity index (χ0n) is 25.8. The van der Waals surface area contributed by atoms with Crippen LogP contribution in [0.3, 0.4) is 0 Å². The van der Waals surface area contributed by atoms with Crippen molar-refractivity contribution in [3.63, 3.8) is 0 Å². The molecule has 12 nitrogen and oxygen atoms in total. The van der Waals surface area contributed by atoms with E-state index in [1.165, 1.54) is 0 Å². The molecule has 2 aliphatic heterocycles. The van der Waals surface area contributed by atoms with Crippen molar-refractivity contribution >= 4 is 11.9 Å². The molecule has 0 spiro atoms. The van der Waals surface area contributed by atoms with E-state index in [1.807, 2.05) is 47.4 Å². The van der Waals surface area contributed by atoms with Crippen molar-refractivity contribution < 1.29 is 38.5 Å². The number of hydrogen-bond acceptors (Lipinski definition) is 10. The van der Waals surface area contributed by atoms with Gasteiger partial charge < -0.3 is 28.7 Å². The SMILES string of the molecule is CCCCN(CCCC)C(=O)CN1CC(c2ccc3c(c2)OCO3)[C@@H](C(=O)OCCCO[N+](=O)[O-])C1c1ccc(OC)cc1. The van der Waals surface area contributed by atoms with E-state index in [4.69, 9.17) is 18.9 Å². The molecule has 4 rings (SSSR count). The number of carbonyl (C=O) groups excluding carboxylic acids is 2. The molecule has 1 amide bonds. The van der Waals surface area contributed by atoms with Gasteiger partial charge in [-0.3, -0.25) is 14.5 Å². The molecule has 1 fully saturated rings. The summed E-state index contributed by atoms with van der Waals surface area (Å²) in [6.45, 7) is 6.10. The zero-order chi connectivity index (χ0) is 31.5. The highest BCUT2D eigenvalue weighted by molar-refractivity contribution is 5.80. The average molecular weight is 614 g/mol. The van der Waals surface area contributed by atoms with E-state index in [2.05, 4.69) is 23.6 Å². The van der Waals surface area contributed by atoms with E-state index < -0.39 is 23.0 Å². The normalized spacial score (nSPS) is 19.0. The van der Waals surface area contributed by atoms with Gasteiger partial charge in [0.1, 0.15) is 5.75 Å². The minimum absolute atomic E-state index is 0.0285. The second-order valence-electron chi connectivity index (χ2n) is 11.1. The predicted octanol–water partition coefficient (Wildman–Crippen LogP) is 4.75. The first-order valence-corrected chi connectivity index (χ1v) is 15.4. The van der Waals surface area contributed by atoms with Crippen LogP contribution < -0.4 is 14.2 Å². The van der Waals surface area contributed by atoms with Gasteiger partial charge in [0, 0.05) is 38.0 Å². The lowest BCUT2D eigenvalue weighted by molar-refractivity contribution is -0.757. The molecule has 3 atom stereocenters. The molecular weight excluding hydrogens is 570 g/mol. The standard InChI is InChI=1S/C32H43N3O9/c1-4-6-15-33(16-7-5-2)29(36)21-34-20-26(24-11-14-27-28(19-24)43-22-42-27)30(32(37)41-17-8-18-44-35(38)39)31(34)23-9-12-25(40-3)13-10-23/h9-14,19,26,30-31H,4-8,15-18,20-22H2,1-3H3/t26?,30-,31?/m1/s1. The van der Waals surface area contributed by atoms with Gasteiger partial charge in [-0.15, -0.1) is 10.1 Å². The van der Waals surface area contributed by atoms with Gasteiger partial charge in [0.2, 0.25) is 12.7 Å². The molecule has 240 valence electrons. The van der Waals surface area contributed by atoms with Crippen LogP contribution in [0.5, 0.6) is 17.2 Å². The third-order valence-electron chi connectivity index (χ3n) is 8.14. The summed E-state index contributed by atoms with van der Waals surface area (Å²) in [5, 5.41) is 9.66. The highest BCUT2D eigenvalue weighted by atomic mass is 16.9. The van der Waals surface area contributed by atoms with Gasteiger partial charge in [-0.2, -0.15) is 0 Å². The zero-order valence-corrected chi connectivity index (χ0v) is 25.8.